The number of hydrogen-bond acceptors (Lipinski definition) is 4. The van der Waals surface area contributed by atoms with Crippen LogP contribution in [0.3, 0.4) is 0 Å². The third-order valence-corrected chi connectivity index (χ3v) is 4.38. The highest BCUT2D eigenvalue weighted by Crippen LogP contribution is 2.22. The molecule has 0 heterocycles. The summed E-state index contributed by atoms with van der Waals surface area (Å²) in [6.07, 6.45) is 5.88. The summed E-state index contributed by atoms with van der Waals surface area (Å²) >= 11 is 5.59. The summed E-state index contributed by atoms with van der Waals surface area (Å²) in [7, 11) is -4.16. The van der Waals surface area contributed by atoms with Crippen molar-refractivity contribution in [3.8, 4) is 0 Å². The van der Waals surface area contributed by atoms with Crippen molar-refractivity contribution in [2.75, 3.05) is 6.61 Å². The quantitative estimate of drug-likeness (QED) is 0.776. The van der Waals surface area contributed by atoms with E-state index in [1.54, 1.807) is 13.0 Å². The van der Waals surface area contributed by atoms with Crippen molar-refractivity contribution < 1.29 is 22.7 Å². The third kappa shape index (κ3) is 4.00. The van der Waals surface area contributed by atoms with E-state index in [1.807, 2.05) is 0 Å². The van der Waals surface area contributed by atoms with Crippen LogP contribution in [0.15, 0.2) is 63.3 Å². The van der Waals surface area contributed by atoms with Crippen LogP contribution in [0.2, 0.25) is 5.02 Å². The average molecular weight is 357 g/mol. The molecule has 23 heavy (non-hydrogen) atoms. The first-order valence-electron chi connectivity index (χ1n) is 6.54. The van der Waals surface area contributed by atoms with Crippen LogP contribution in [-0.2, 0) is 14.8 Å². The van der Waals surface area contributed by atoms with Gasteiger partial charge in [-0.25, -0.2) is 4.39 Å². The molecule has 122 valence electrons. The van der Waals surface area contributed by atoms with E-state index in [0.29, 0.717) is 0 Å². The van der Waals surface area contributed by atoms with Crippen molar-refractivity contribution in [2.24, 2.45) is 4.40 Å². The molecule has 2 rings (SSSR count). The van der Waals surface area contributed by atoms with Gasteiger partial charge >= 0.3 is 0 Å². The van der Waals surface area contributed by atoms with Gasteiger partial charge < -0.3 is 9.84 Å². The minimum Gasteiger partial charge on any atom is -0.613 e. The number of allylic oxidation sites excluding steroid dienone is 5. The van der Waals surface area contributed by atoms with Crippen LogP contribution < -0.4 is 5.11 Å². The second-order valence-corrected chi connectivity index (χ2v) is 6.39. The molecule has 0 unspecified atom stereocenters. The lowest BCUT2D eigenvalue weighted by molar-refractivity contribution is -0.357. The molecule has 0 atom stereocenters. The zero-order valence-electron chi connectivity index (χ0n) is 12.0. The monoisotopic (exact) mass is 356 g/mol. The fraction of sp³-hybridized carbons (Fsp3) is 0.133. The topological polar surface area (TPSA) is 78.8 Å². The van der Waals surface area contributed by atoms with Gasteiger partial charge in [-0.15, -0.1) is 0 Å². The fourth-order valence-corrected chi connectivity index (χ4v) is 3.03. The Bertz CT molecular complexity index is 841. The molecular formula is C15H12ClFNO4S-. The maximum atomic E-state index is 13.1. The molecule has 0 amide bonds. The molecule has 1 aliphatic carbocycles. The summed E-state index contributed by atoms with van der Waals surface area (Å²) in [5.41, 5.74) is -0.0440. The highest BCUT2D eigenvalue weighted by molar-refractivity contribution is 7.90. The van der Waals surface area contributed by atoms with Crippen molar-refractivity contribution >= 4 is 27.3 Å². The van der Waals surface area contributed by atoms with Crippen molar-refractivity contribution in [1.82, 2.24) is 0 Å². The molecule has 0 saturated carbocycles. The molecule has 5 nitrogen and oxygen atoms in total. The smallest absolute Gasteiger partial charge is 0.282 e. The second-order valence-electron chi connectivity index (χ2n) is 4.38. The van der Waals surface area contributed by atoms with Crippen LogP contribution in [0.1, 0.15) is 6.92 Å². The van der Waals surface area contributed by atoms with Crippen molar-refractivity contribution in [3.05, 3.63) is 64.9 Å². The van der Waals surface area contributed by atoms with Gasteiger partial charge in [0, 0.05) is 5.57 Å². The summed E-state index contributed by atoms with van der Waals surface area (Å²) in [6.45, 7) is 1.78. The number of sulfonamides is 1. The van der Waals surface area contributed by atoms with Crippen molar-refractivity contribution in [3.63, 3.8) is 0 Å². The van der Waals surface area contributed by atoms with Gasteiger partial charge in [-0.3, -0.25) is 0 Å². The third-order valence-electron chi connectivity index (χ3n) is 2.81. The van der Waals surface area contributed by atoms with E-state index >= 15 is 0 Å². The molecule has 1 aromatic rings. The Balaban J connectivity index is 2.49. The minimum absolute atomic E-state index is 0.0196. The highest BCUT2D eigenvalue weighted by Gasteiger charge is 2.18. The van der Waals surface area contributed by atoms with Crippen LogP contribution in [0.5, 0.6) is 0 Å². The molecule has 0 N–H and O–H groups in total. The summed E-state index contributed by atoms with van der Waals surface area (Å²) in [5.74, 6) is -1.42. The number of nitrogens with zero attached hydrogens (tertiary/aromatic N) is 1. The molecule has 1 aromatic carbocycles. The van der Waals surface area contributed by atoms with E-state index in [2.05, 4.69) is 4.40 Å². The maximum Gasteiger partial charge on any atom is 0.282 e. The van der Waals surface area contributed by atoms with Gasteiger partial charge in [-0.05, 0) is 30.9 Å². The molecular weight excluding hydrogens is 345 g/mol. The van der Waals surface area contributed by atoms with Crippen molar-refractivity contribution in [1.29, 1.82) is 0 Å². The van der Waals surface area contributed by atoms with Crippen LogP contribution in [0.25, 0.3) is 0 Å². The Kier molecular flexibility index (Phi) is 5.23. The van der Waals surface area contributed by atoms with Crippen molar-refractivity contribution in [2.45, 2.75) is 11.8 Å². The summed E-state index contributed by atoms with van der Waals surface area (Å²) in [5, 5.41) is 11.5. The zero-order chi connectivity index (χ0) is 17.0. The number of benzene rings is 1. The van der Waals surface area contributed by atoms with Gasteiger partial charge in [0.05, 0.1) is 21.6 Å². The fourth-order valence-electron chi connectivity index (χ4n) is 1.75. The summed E-state index contributed by atoms with van der Waals surface area (Å²) in [4.78, 5) is -0.275. The predicted molar refractivity (Wildman–Crippen MR) is 83.0 cm³/mol. The molecule has 0 aromatic heterocycles. The first-order chi connectivity index (χ1) is 10.8. The average Bonchev–Trinajstić information content (AvgIpc) is 2.50. The van der Waals surface area contributed by atoms with Crippen LogP contribution in [0.4, 0.5) is 4.39 Å². The highest BCUT2D eigenvalue weighted by atomic mass is 35.5. The molecule has 0 aliphatic heterocycles. The Morgan fingerprint density at radius 3 is 2.70 bits per heavy atom. The lowest BCUT2D eigenvalue weighted by atomic mass is 10.1. The number of halogens is 2. The lowest BCUT2D eigenvalue weighted by Gasteiger charge is -2.18. The van der Waals surface area contributed by atoms with Gasteiger partial charge in [0.25, 0.3) is 10.0 Å². The normalized spacial score (nSPS) is 18.3. The first-order valence-corrected chi connectivity index (χ1v) is 8.36. The van der Waals surface area contributed by atoms with Gasteiger partial charge in [-0.2, -0.15) is 12.8 Å². The largest absolute Gasteiger partial charge is 0.613 e. The van der Waals surface area contributed by atoms with E-state index in [0.717, 1.165) is 18.2 Å². The lowest BCUT2D eigenvalue weighted by Crippen LogP contribution is -2.17. The van der Waals surface area contributed by atoms with Crippen LogP contribution in [-0.4, -0.2) is 20.7 Å². The van der Waals surface area contributed by atoms with Gasteiger partial charge in [0.15, 0.2) is 0 Å². The minimum atomic E-state index is -4.16. The molecule has 8 heteroatoms. The van der Waals surface area contributed by atoms with Gasteiger partial charge in [-0.1, -0.05) is 36.8 Å². The Labute approximate surface area is 138 Å². The molecule has 0 spiro atoms. The molecule has 0 saturated heterocycles. The SMILES string of the molecule is CCOC([O-])=C1C=CC=CC1=NS(=O)(=O)c1ccc(F)c(Cl)c1. The van der Waals surface area contributed by atoms with E-state index in [4.69, 9.17) is 16.3 Å². The van der Waals surface area contributed by atoms with Gasteiger partial charge in [0.2, 0.25) is 0 Å². The number of rotatable bonds is 4. The summed E-state index contributed by atoms with van der Waals surface area (Å²) < 4.78 is 46.2. The predicted octanol–water partition coefficient (Wildman–Crippen LogP) is 2.34. The maximum absolute atomic E-state index is 13.1. The Hall–Kier alpha value is -2.12. The number of ether oxygens (including phenoxy) is 1. The Morgan fingerprint density at radius 1 is 1.35 bits per heavy atom. The molecule has 1 aliphatic rings. The second kappa shape index (κ2) is 6.97. The summed E-state index contributed by atoms with van der Waals surface area (Å²) in [6, 6.07) is 2.94. The van der Waals surface area contributed by atoms with E-state index in [9.17, 15) is 17.9 Å². The number of hydrogen-bond donors (Lipinski definition) is 0. The van der Waals surface area contributed by atoms with Crippen LogP contribution >= 0.6 is 11.6 Å². The Morgan fingerprint density at radius 2 is 2.04 bits per heavy atom. The van der Waals surface area contributed by atoms with E-state index in [1.165, 1.54) is 18.2 Å². The van der Waals surface area contributed by atoms with E-state index in [-0.39, 0.29) is 27.8 Å². The van der Waals surface area contributed by atoms with E-state index < -0.39 is 21.8 Å². The zero-order valence-corrected chi connectivity index (χ0v) is 13.6. The standard InChI is InChI=1S/C15H13ClFNO4S/c1-2-22-15(19)11-5-3-4-6-14(11)18-23(20,21)10-7-8-13(17)12(16)9-10/h3-9,19H,2H2,1H3/p-1. The molecule has 0 fully saturated rings. The first kappa shape index (κ1) is 17.2. The van der Waals surface area contributed by atoms with Crippen LogP contribution in [0, 0.1) is 5.82 Å². The van der Waals surface area contributed by atoms with Gasteiger partial charge in [0.1, 0.15) is 5.82 Å². The molecule has 0 radical (unpaired) electrons. The molecule has 0 bridgehead atoms.